The molecule has 1 atom stereocenters. The van der Waals surface area contributed by atoms with E-state index < -0.39 is 0 Å². The van der Waals surface area contributed by atoms with Crippen LogP contribution in [0.1, 0.15) is 39.3 Å². The summed E-state index contributed by atoms with van der Waals surface area (Å²) in [6.07, 6.45) is 2.42. The number of carbonyl (C=O) groups is 1. The largest absolute Gasteiger partial charge is 0.375 e. The third-order valence-electron chi connectivity index (χ3n) is 3.32. The summed E-state index contributed by atoms with van der Waals surface area (Å²) in [5, 5.41) is 5.36. The van der Waals surface area contributed by atoms with Crippen molar-refractivity contribution in [1.29, 1.82) is 0 Å². The molecule has 114 valence electrons. The van der Waals surface area contributed by atoms with Crippen LogP contribution in [0.5, 0.6) is 0 Å². The summed E-state index contributed by atoms with van der Waals surface area (Å²) in [5.74, 6) is 0.0191. The summed E-state index contributed by atoms with van der Waals surface area (Å²) < 4.78 is 0. The van der Waals surface area contributed by atoms with Crippen LogP contribution in [0.15, 0.2) is 5.38 Å². The van der Waals surface area contributed by atoms with Crippen molar-refractivity contribution in [2.45, 2.75) is 46.1 Å². The minimum absolute atomic E-state index is 0.0191. The summed E-state index contributed by atoms with van der Waals surface area (Å²) in [6.45, 7) is 9.67. The average Bonchev–Trinajstić information content (AvgIpc) is 2.79. The van der Waals surface area contributed by atoms with Gasteiger partial charge in [-0.3, -0.25) is 4.79 Å². The van der Waals surface area contributed by atoms with Gasteiger partial charge in [0.15, 0.2) is 5.13 Å². The maximum absolute atomic E-state index is 11.8. The van der Waals surface area contributed by atoms with Gasteiger partial charge in [-0.05, 0) is 39.4 Å². The van der Waals surface area contributed by atoms with Crippen molar-refractivity contribution >= 4 is 22.4 Å². The number of hydrogen-bond donors (Lipinski definition) is 2. The Balaban J connectivity index is 2.21. The number of nitrogens with two attached hydrogens (primary N) is 1. The standard InChI is InChI=1S/C14H26N4OS/c1-4-18(5-2)8-6-7-11(3)16-13(19)9-12-10-20-14(15)17-12/h10-11H,4-9H2,1-3H3,(H2,15,17)(H,16,19). The van der Waals surface area contributed by atoms with Crippen molar-refractivity contribution < 1.29 is 4.79 Å². The zero-order valence-electron chi connectivity index (χ0n) is 12.7. The van der Waals surface area contributed by atoms with E-state index in [0.29, 0.717) is 11.6 Å². The number of amides is 1. The first-order chi connectivity index (χ1) is 9.55. The van der Waals surface area contributed by atoms with E-state index in [0.717, 1.165) is 38.2 Å². The van der Waals surface area contributed by atoms with E-state index in [9.17, 15) is 4.79 Å². The predicted octanol–water partition coefficient (Wildman–Crippen LogP) is 1.89. The molecule has 0 radical (unpaired) electrons. The van der Waals surface area contributed by atoms with Gasteiger partial charge in [0.25, 0.3) is 0 Å². The highest BCUT2D eigenvalue weighted by molar-refractivity contribution is 7.13. The Morgan fingerprint density at radius 2 is 2.20 bits per heavy atom. The molecule has 0 spiro atoms. The number of anilines is 1. The van der Waals surface area contributed by atoms with Gasteiger partial charge in [-0.15, -0.1) is 11.3 Å². The fraction of sp³-hybridized carbons (Fsp3) is 0.714. The zero-order chi connectivity index (χ0) is 15.0. The van der Waals surface area contributed by atoms with Gasteiger partial charge >= 0.3 is 0 Å². The van der Waals surface area contributed by atoms with E-state index in [1.54, 1.807) is 0 Å². The molecule has 3 N–H and O–H groups in total. The maximum Gasteiger partial charge on any atom is 0.226 e. The number of thiazole rings is 1. The van der Waals surface area contributed by atoms with E-state index in [2.05, 4.69) is 36.0 Å². The molecule has 0 aromatic carbocycles. The number of nitrogens with zero attached hydrogens (tertiary/aromatic N) is 2. The first-order valence-electron chi connectivity index (χ1n) is 7.26. The molecule has 0 aliphatic rings. The predicted molar refractivity (Wildman–Crippen MR) is 84.9 cm³/mol. The fourth-order valence-electron chi connectivity index (χ4n) is 2.13. The van der Waals surface area contributed by atoms with Crippen LogP contribution in [0.3, 0.4) is 0 Å². The maximum atomic E-state index is 11.8. The highest BCUT2D eigenvalue weighted by atomic mass is 32.1. The van der Waals surface area contributed by atoms with Crippen molar-refractivity contribution in [3.05, 3.63) is 11.1 Å². The third-order valence-corrected chi connectivity index (χ3v) is 4.05. The number of carbonyl (C=O) groups excluding carboxylic acids is 1. The van der Waals surface area contributed by atoms with Crippen LogP contribution in [0.25, 0.3) is 0 Å². The van der Waals surface area contributed by atoms with Crippen LogP contribution in [0, 0.1) is 0 Å². The lowest BCUT2D eigenvalue weighted by molar-refractivity contribution is -0.121. The van der Waals surface area contributed by atoms with E-state index >= 15 is 0 Å². The topological polar surface area (TPSA) is 71.2 Å². The lowest BCUT2D eigenvalue weighted by Crippen LogP contribution is -2.34. The van der Waals surface area contributed by atoms with Crippen molar-refractivity contribution in [1.82, 2.24) is 15.2 Å². The Labute approximate surface area is 125 Å². The van der Waals surface area contributed by atoms with Crippen molar-refractivity contribution in [2.24, 2.45) is 0 Å². The molecule has 1 rings (SSSR count). The van der Waals surface area contributed by atoms with Crippen LogP contribution in [-0.4, -0.2) is 41.5 Å². The number of nitrogen functional groups attached to an aromatic ring is 1. The second-order valence-corrected chi connectivity index (χ2v) is 5.88. The van der Waals surface area contributed by atoms with Crippen LogP contribution >= 0.6 is 11.3 Å². The minimum Gasteiger partial charge on any atom is -0.375 e. The van der Waals surface area contributed by atoms with E-state index in [1.807, 2.05) is 5.38 Å². The molecule has 5 nitrogen and oxygen atoms in total. The molecule has 0 aliphatic carbocycles. The normalized spacial score (nSPS) is 12.6. The first kappa shape index (κ1) is 16.9. The summed E-state index contributed by atoms with van der Waals surface area (Å²) in [4.78, 5) is 18.3. The van der Waals surface area contributed by atoms with Gasteiger partial charge in [0.05, 0.1) is 12.1 Å². The van der Waals surface area contributed by atoms with Crippen molar-refractivity contribution in [2.75, 3.05) is 25.4 Å². The summed E-state index contributed by atoms with van der Waals surface area (Å²) in [7, 11) is 0. The Morgan fingerprint density at radius 3 is 2.75 bits per heavy atom. The molecular formula is C14H26N4OS. The molecule has 1 aromatic rings. The molecule has 0 fully saturated rings. The van der Waals surface area contributed by atoms with Crippen molar-refractivity contribution in [3.8, 4) is 0 Å². The van der Waals surface area contributed by atoms with E-state index in [1.165, 1.54) is 11.3 Å². The first-order valence-corrected chi connectivity index (χ1v) is 8.14. The quantitative estimate of drug-likeness (QED) is 0.730. The van der Waals surface area contributed by atoms with Crippen molar-refractivity contribution in [3.63, 3.8) is 0 Å². The number of hydrogen-bond acceptors (Lipinski definition) is 5. The Morgan fingerprint density at radius 1 is 1.50 bits per heavy atom. The molecule has 20 heavy (non-hydrogen) atoms. The lowest BCUT2D eigenvalue weighted by Gasteiger charge is -2.19. The molecule has 1 unspecified atom stereocenters. The molecular weight excluding hydrogens is 272 g/mol. The second kappa shape index (κ2) is 8.92. The monoisotopic (exact) mass is 298 g/mol. The zero-order valence-corrected chi connectivity index (χ0v) is 13.5. The summed E-state index contributed by atoms with van der Waals surface area (Å²) in [6, 6.07) is 0.203. The van der Waals surface area contributed by atoms with Gasteiger partial charge in [-0.25, -0.2) is 4.98 Å². The number of nitrogens with one attached hydrogen (secondary N) is 1. The van der Waals surface area contributed by atoms with Crippen LogP contribution < -0.4 is 11.1 Å². The Hall–Kier alpha value is -1.14. The number of aromatic nitrogens is 1. The molecule has 6 heteroatoms. The van der Waals surface area contributed by atoms with Gasteiger partial charge < -0.3 is 16.0 Å². The van der Waals surface area contributed by atoms with E-state index in [-0.39, 0.29) is 11.9 Å². The fourth-order valence-corrected chi connectivity index (χ4v) is 2.69. The van der Waals surface area contributed by atoms with Crippen LogP contribution in [0.2, 0.25) is 0 Å². The molecule has 1 aromatic heterocycles. The highest BCUT2D eigenvalue weighted by Gasteiger charge is 2.10. The van der Waals surface area contributed by atoms with Gasteiger partial charge in [-0.1, -0.05) is 13.8 Å². The molecule has 1 amide bonds. The third kappa shape index (κ3) is 6.34. The summed E-state index contributed by atoms with van der Waals surface area (Å²) in [5.41, 5.74) is 6.30. The molecule has 0 saturated carbocycles. The Bertz CT molecular complexity index is 404. The minimum atomic E-state index is 0.0191. The SMILES string of the molecule is CCN(CC)CCCC(C)NC(=O)Cc1csc(N)n1. The molecule has 0 bridgehead atoms. The molecule has 1 heterocycles. The highest BCUT2D eigenvalue weighted by Crippen LogP contribution is 2.11. The smallest absolute Gasteiger partial charge is 0.226 e. The van der Waals surface area contributed by atoms with Gasteiger partial charge in [-0.2, -0.15) is 0 Å². The van der Waals surface area contributed by atoms with Crippen LogP contribution in [0.4, 0.5) is 5.13 Å². The molecule has 0 aliphatic heterocycles. The second-order valence-electron chi connectivity index (χ2n) is 4.99. The Kier molecular flexibility index (Phi) is 7.54. The van der Waals surface area contributed by atoms with Gasteiger partial charge in [0.1, 0.15) is 0 Å². The average molecular weight is 298 g/mol. The lowest BCUT2D eigenvalue weighted by atomic mass is 10.1. The number of rotatable bonds is 9. The molecule has 0 saturated heterocycles. The van der Waals surface area contributed by atoms with Gasteiger partial charge in [0, 0.05) is 11.4 Å². The van der Waals surface area contributed by atoms with Gasteiger partial charge in [0.2, 0.25) is 5.91 Å². The summed E-state index contributed by atoms with van der Waals surface area (Å²) >= 11 is 1.37. The van der Waals surface area contributed by atoms with Crippen LogP contribution in [-0.2, 0) is 11.2 Å². The van der Waals surface area contributed by atoms with E-state index in [4.69, 9.17) is 5.73 Å².